The maximum absolute atomic E-state index is 6.29. The van der Waals surface area contributed by atoms with Gasteiger partial charge in [-0.3, -0.25) is 4.98 Å². The van der Waals surface area contributed by atoms with Gasteiger partial charge in [0.2, 0.25) is 0 Å². The summed E-state index contributed by atoms with van der Waals surface area (Å²) >= 11 is 0. The van der Waals surface area contributed by atoms with E-state index < -0.39 is 18.3 Å². The number of pyridine rings is 1. The van der Waals surface area contributed by atoms with Crippen molar-refractivity contribution in [2.75, 3.05) is 0 Å². The Morgan fingerprint density at radius 3 is 1.44 bits per heavy atom. The summed E-state index contributed by atoms with van der Waals surface area (Å²) < 4.78 is 12.6. The van der Waals surface area contributed by atoms with Crippen LogP contribution in [0.4, 0.5) is 0 Å². The maximum Gasteiger partial charge on any atom is 0.514 e. The molecule has 3 nitrogen and oxygen atoms in total. The molecule has 1 fully saturated rings. The second-order valence-electron chi connectivity index (χ2n) is 13.4. The molecule has 1 saturated heterocycles. The lowest BCUT2D eigenvalue weighted by Crippen LogP contribution is -2.41. The minimum atomic E-state index is -0.490. The third-order valence-electron chi connectivity index (χ3n) is 10.3. The van der Waals surface area contributed by atoms with E-state index in [1.54, 1.807) is 0 Å². The van der Waals surface area contributed by atoms with E-state index in [1.807, 2.05) is 12.3 Å². The monoisotopic (exact) mass is 581 g/mol. The molecule has 0 radical (unpaired) electrons. The van der Waals surface area contributed by atoms with Gasteiger partial charge in [-0.1, -0.05) is 97.1 Å². The molecule has 0 unspecified atom stereocenters. The number of rotatable bonds is 3. The molecule has 216 valence electrons. The predicted octanol–water partition coefficient (Wildman–Crippen LogP) is 9.92. The smallest absolute Gasteiger partial charge is 0.398 e. The SMILES string of the molecule is CC1(C)OB(c2ccc(-c3c4ccccc4c(-c4cc5ccc6cccc7ccc(c4)c5c67)c4ccccc34)cn2)OC1(C)C. The van der Waals surface area contributed by atoms with E-state index >= 15 is 0 Å². The molecule has 7 aromatic carbocycles. The molecule has 0 aliphatic carbocycles. The van der Waals surface area contributed by atoms with Crippen molar-refractivity contribution in [2.45, 2.75) is 38.9 Å². The number of hydrogen-bond acceptors (Lipinski definition) is 3. The normalized spacial score (nSPS) is 16.1. The molecule has 1 aliphatic rings. The van der Waals surface area contributed by atoms with Gasteiger partial charge in [0.15, 0.2) is 0 Å². The van der Waals surface area contributed by atoms with E-state index in [1.165, 1.54) is 70.6 Å². The van der Waals surface area contributed by atoms with Crippen LogP contribution in [0.3, 0.4) is 0 Å². The molecule has 2 heterocycles. The summed E-state index contributed by atoms with van der Waals surface area (Å²) in [7, 11) is -0.490. The van der Waals surface area contributed by atoms with E-state index in [0.29, 0.717) is 0 Å². The molecule has 0 bridgehead atoms. The van der Waals surface area contributed by atoms with E-state index in [0.717, 1.165) is 11.2 Å². The van der Waals surface area contributed by atoms with Gasteiger partial charge in [0.1, 0.15) is 0 Å². The molecule has 1 aliphatic heterocycles. The lowest BCUT2D eigenvalue weighted by Gasteiger charge is -2.32. The van der Waals surface area contributed by atoms with Gasteiger partial charge in [0, 0.05) is 11.8 Å². The average Bonchev–Trinajstić information content (AvgIpc) is 3.28. The quantitative estimate of drug-likeness (QED) is 0.118. The highest BCUT2D eigenvalue weighted by Gasteiger charge is 2.52. The molecule has 4 heteroatoms. The van der Waals surface area contributed by atoms with Crippen molar-refractivity contribution in [3.63, 3.8) is 0 Å². The van der Waals surface area contributed by atoms with Gasteiger partial charge < -0.3 is 9.31 Å². The van der Waals surface area contributed by atoms with Gasteiger partial charge in [-0.05, 0) is 116 Å². The van der Waals surface area contributed by atoms with Crippen LogP contribution in [0.2, 0.25) is 0 Å². The molecule has 0 atom stereocenters. The summed E-state index contributed by atoms with van der Waals surface area (Å²) in [4.78, 5) is 4.89. The summed E-state index contributed by atoms with van der Waals surface area (Å²) in [6, 6.07) is 42.2. The third kappa shape index (κ3) is 3.89. The highest BCUT2D eigenvalue weighted by molar-refractivity contribution is 6.61. The topological polar surface area (TPSA) is 31.4 Å². The van der Waals surface area contributed by atoms with Crippen molar-refractivity contribution in [1.29, 1.82) is 0 Å². The number of aromatic nitrogens is 1. The number of nitrogens with zero attached hydrogens (tertiary/aromatic N) is 1. The molecule has 9 rings (SSSR count). The standard InChI is InChI=1S/C41H32BNO2/c1-40(2)41(3,4)45-42(44-40)35-21-20-29(24-43-35)38-31-12-5-7-14-33(31)39(34-15-8-6-13-32(34)38)30-22-27-18-16-25-10-9-11-26-17-19-28(23-30)37(27)36(25)26/h5-24H,1-4H3. The first-order valence-corrected chi connectivity index (χ1v) is 15.7. The van der Waals surface area contributed by atoms with E-state index in [4.69, 9.17) is 14.3 Å². The fraction of sp³-hybridized carbons (Fsp3) is 0.146. The van der Waals surface area contributed by atoms with Crippen molar-refractivity contribution in [3.8, 4) is 22.3 Å². The summed E-state index contributed by atoms with van der Waals surface area (Å²) in [5, 5.41) is 12.7. The molecular weight excluding hydrogens is 549 g/mol. The van der Waals surface area contributed by atoms with Crippen LogP contribution < -0.4 is 5.59 Å². The highest BCUT2D eigenvalue weighted by Crippen LogP contribution is 2.45. The van der Waals surface area contributed by atoms with Gasteiger partial charge in [0.05, 0.1) is 16.8 Å². The number of benzene rings is 7. The summed E-state index contributed by atoms with van der Waals surface area (Å²) in [5.41, 5.74) is 4.72. The van der Waals surface area contributed by atoms with Crippen LogP contribution in [0, 0.1) is 0 Å². The van der Waals surface area contributed by atoms with Crippen LogP contribution in [0.5, 0.6) is 0 Å². The van der Waals surface area contributed by atoms with Gasteiger partial charge in [-0.25, -0.2) is 0 Å². The summed E-state index contributed by atoms with van der Waals surface area (Å²) in [6.07, 6.45) is 1.97. The Balaban J connectivity index is 1.25. The van der Waals surface area contributed by atoms with E-state index in [-0.39, 0.29) is 0 Å². The average molecular weight is 582 g/mol. The first kappa shape index (κ1) is 26.6. The zero-order chi connectivity index (χ0) is 30.5. The van der Waals surface area contributed by atoms with Gasteiger partial charge in [-0.15, -0.1) is 0 Å². The zero-order valence-electron chi connectivity index (χ0n) is 25.9. The lowest BCUT2D eigenvalue weighted by atomic mass is 9.82. The summed E-state index contributed by atoms with van der Waals surface area (Å²) in [5.74, 6) is 0. The van der Waals surface area contributed by atoms with Crippen LogP contribution in [0.15, 0.2) is 121 Å². The second kappa shape index (κ2) is 9.37. The van der Waals surface area contributed by atoms with Crippen LogP contribution in [-0.2, 0) is 9.31 Å². The largest absolute Gasteiger partial charge is 0.514 e. The minimum absolute atomic E-state index is 0.410. The number of fused-ring (bicyclic) bond motifs is 2. The zero-order valence-corrected chi connectivity index (χ0v) is 25.9. The van der Waals surface area contributed by atoms with Crippen LogP contribution in [0.25, 0.3) is 76.1 Å². The van der Waals surface area contributed by atoms with Crippen molar-refractivity contribution in [2.24, 2.45) is 0 Å². The van der Waals surface area contributed by atoms with Crippen molar-refractivity contribution < 1.29 is 9.31 Å². The van der Waals surface area contributed by atoms with Crippen LogP contribution in [0.1, 0.15) is 27.7 Å². The third-order valence-corrected chi connectivity index (χ3v) is 10.3. The molecular formula is C41H32BNO2. The lowest BCUT2D eigenvalue weighted by molar-refractivity contribution is 0.00578. The Bertz CT molecular complexity index is 2310. The highest BCUT2D eigenvalue weighted by atomic mass is 16.7. The molecule has 0 N–H and O–H groups in total. The van der Waals surface area contributed by atoms with Gasteiger partial charge >= 0.3 is 7.12 Å². The first-order chi connectivity index (χ1) is 21.8. The van der Waals surface area contributed by atoms with Crippen molar-refractivity contribution >= 4 is 66.6 Å². The maximum atomic E-state index is 6.29. The Labute approximate surface area is 262 Å². The van der Waals surface area contributed by atoms with Crippen molar-refractivity contribution in [3.05, 3.63) is 121 Å². The minimum Gasteiger partial charge on any atom is -0.398 e. The van der Waals surface area contributed by atoms with Gasteiger partial charge in [0.25, 0.3) is 0 Å². The van der Waals surface area contributed by atoms with Gasteiger partial charge in [-0.2, -0.15) is 0 Å². The fourth-order valence-corrected chi connectivity index (χ4v) is 7.30. The molecule has 0 saturated carbocycles. The van der Waals surface area contributed by atoms with Crippen LogP contribution >= 0.6 is 0 Å². The van der Waals surface area contributed by atoms with Crippen molar-refractivity contribution in [1.82, 2.24) is 4.98 Å². The molecule has 0 spiro atoms. The van der Waals surface area contributed by atoms with Crippen LogP contribution in [-0.4, -0.2) is 23.3 Å². The molecule has 45 heavy (non-hydrogen) atoms. The van der Waals surface area contributed by atoms with E-state index in [9.17, 15) is 0 Å². The molecule has 0 amide bonds. The predicted molar refractivity (Wildman–Crippen MR) is 190 cm³/mol. The Morgan fingerprint density at radius 1 is 0.489 bits per heavy atom. The molecule has 1 aromatic heterocycles. The fourth-order valence-electron chi connectivity index (χ4n) is 7.30. The Kier molecular flexibility index (Phi) is 5.54. The Morgan fingerprint density at radius 2 is 0.956 bits per heavy atom. The second-order valence-corrected chi connectivity index (χ2v) is 13.4. The van der Waals surface area contributed by atoms with E-state index in [2.05, 4.69) is 137 Å². The number of hydrogen-bond donors (Lipinski definition) is 0. The summed E-state index contributed by atoms with van der Waals surface area (Å²) in [6.45, 7) is 8.28. The first-order valence-electron chi connectivity index (χ1n) is 15.7. The Hall–Kier alpha value is -4.77. The molecule has 8 aromatic rings.